The van der Waals surface area contributed by atoms with Gasteiger partial charge in [-0.25, -0.2) is 4.79 Å². The number of ether oxygens (including phenoxy) is 2. The van der Waals surface area contributed by atoms with Gasteiger partial charge < -0.3 is 14.6 Å². The van der Waals surface area contributed by atoms with E-state index in [2.05, 4.69) is 15.0 Å². The van der Waals surface area contributed by atoms with Crippen LogP contribution >= 0.6 is 11.6 Å². The number of aliphatic hydroxyl groups is 1. The molecule has 0 aliphatic carbocycles. The third kappa shape index (κ3) is 4.67. The molecule has 0 aromatic heterocycles. The largest absolute Gasteiger partial charge is 0.505 e. The fourth-order valence-corrected chi connectivity index (χ4v) is 2.02. The Balaban J connectivity index is 2.44. The molecule has 0 radical (unpaired) electrons. The van der Waals surface area contributed by atoms with Crippen LogP contribution in [0.5, 0.6) is 5.75 Å². The summed E-state index contributed by atoms with van der Waals surface area (Å²) in [5, 5.41) is 18.5. The lowest BCUT2D eigenvalue weighted by atomic mass is 10.1. The van der Waals surface area contributed by atoms with Crippen LogP contribution < -0.4 is 4.74 Å². The number of esters is 1. The normalized spacial score (nSPS) is 11.8. The molecule has 0 saturated heterocycles. The third-order valence-corrected chi connectivity index (χ3v) is 3.52. The van der Waals surface area contributed by atoms with Gasteiger partial charge in [-0.1, -0.05) is 11.6 Å². The summed E-state index contributed by atoms with van der Waals surface area (Å²) in [6.45, 7) is 0. The summed E-state index contributed by atoms with van der Waals surface area (Å²) in [6, 6.07) is 12.5. The summed E-state index contributed by atoms with van der Waals surface area (Å²) >= 11 is 5.81. The molecule has 2 rings (SSSR count). The van der Waals surface area contributed by atoms with E-state index in [1.165, 1.54) is 31.4 Å². The minimum atomic E-state index is -1.17. The van der Waals surface area contributed by atoms with Gasteiger partial charge in [-0.3, -0.25) is 4.79 Å². The number of carbonyl (C=O) groups is 2. The summed E-state index contributed by atoms with van der Waals surface area (Å²) in [5.41, 5.74) is 0.0928. The van der Waals surface area contributed by atoms with Crippen LogP contribution in [0.3, 0.4) is 0 Å². The van der Waals surface area contributed by atoms with Crippen molar-refractivity contribution >= 4 is 34.8 Å². The van der Waals surface area contributed by atoms with E-state index in [4.69, 9.17) is 16.3 Å². The van der Waals surface area contributed by atoms with Crippen LogP contribution in [-0.4, -0.2) is 31.1 Å². The maximum atomic E-state index is 12.2. The van der Waals surface area contributed by atoms with Gasteiger partial charge in [0, 0.05) is 10.6 Å². The molecular formula is C18H15ClN2O5. The zero-order valence-electron chi connectivity index (χ0n) is 14.0. The molecule has 0 atom stereocenters. The zero-order valence-corrected chi connectivity index (χ0v) is 14.7. The minimum absolute atomic E-state index is 0.246. The van der Waals surface area contributed by atoms with Gasteiger partial charge in [0.1, 0.15) is 5.75 Å². The average molecular weight is 375 g/mol. The Kier molecular flexibility index (Phi) is 6.46. The lowest BCUT2D eigenvalue weighted by molar-refractivity contribution is -0.149. The molecule has 0 bridgehead atoms. The van der Waals surface area contributed by atoms with Gasteiger partial charge in [0.25, 0.3) is 5.78 Å². The van der Waals surface area contributed by atoms with E-state index in [1.54, 1.807) is 24.3 Å². The summed E-state index contributed by atoms with van der Waals surface area (Å²) in [5.74, 6) is -2.20. The number of ketones is 1. The Morgan fingerprint density at radius 2 is 1.62 bits per heavy atom. The maximum Gasteiger partial charge on any atom is 0.381 e. The number of azo groups is 1. The van der Waals surface area contributed by atoms with Gasteiger partial charge in [-0.2, -0.15) is 5.11 Å². The first-order chi connectivity index (χ1) is 12.5. The van der Waals surface area contributed by atoms with E-state index in [0.29, 0.717) is 16.5 Å². The third-order valence-electron chi connectivity index (χ3n) is 3.27. The number of methoxy groups -OCH3 is 2. The van der Waals surface area contributed by atoms with Crippen LogP contribution in [0.25, 0.3) is 5.76 Å². The number of aliphatic hydroxyl groups excluding tert-OH is 1. The minimum Gasteiger partial charge on any atom is -0.505 e. The van der Waals surface area contributed by atoms with Crippen LogP contribution in [0.15, 0.2) is 64.5 Å². The lowest BCUT2D eigenvalue weighted by Gasteiger charge is -2.05. The molecule has 0 fully saturated rings. The number of Topliss-reactive ketones (excluding diaryl/α,β-unsaturated/α-hetero) is 1. The van der Waals surface area contributed by atoms with Crippen molar-refractivity contribution in [3.63, 3.8) is 0 Å². The van der Waals surface area contributed by atoms with E-state index in [-0.39, 0.29) is 5.56 Å². The highest BCUT2D eigenvalue weighted by molar-refractivity contribution is 6.41. The molecule has 0 heterocycles. The SMILES string of the molecule is COC(=O)C(=O)C(N=Nc1ccc(OC)cc1)=C(O)c1ccc(Cl)cc1. The first kappa shape index (κ1) is 19.1. The molecule has 7 nitrogen and oxygen atoms in total. The predicted molar refractivity (Wildman–Crippen MR) is 95.5 cm³/mol. The molecule has 2 aromatic rings. The van der Waals surface area contributed by atoms with Crippen molar-refractivity contribution in [3.05, 3.63) is 64.8 Å². The van der Waals surface area contributed by atoms with Crippen molar-refractivity contribution in [1.29, 1.82) is 0 Å². The van der Waals surface area contributed by atoms with Gasteiger partial charge >= 0.3 is 5.97 Å². The van der Waals surface area contributed by atoms with Crippen molar-refractivity contribution in [1.82, 2.24) is 0 Å². The number of hydrogen-bond donors (Lipinski definition) is 1. The van der Waals surface area contributed by atoms with Gasteiger partial charge in [0.05, 0.1) is 19.9 Å². The van der Waals surface area contributed by atoms with Crippen LogP contribution in [0.2, 0.25) is 5.02 Å². The molecular weight excluding hydrogens is 360 g/mol. The van der Waals surface area contributed by atoms with E-state index < -0.39 is 23.2 Å². The Bertz CT molecular complexity index is 858. The van der Waals surface area contributed by atoms with Crippen LogP contribution in [0.4, 0.5) is 5.69 Å². The number of carbonyl (C=O) groups excluding carboxylic acids is 2. The average Bonchev–Trinajstić information content (AvgIpc) is 2.68. The molecule has 26 heavy (non-hydrogen) atoms. The highest BCUT2D eigenvalue weighted by Gasteiger charge is 2.24. The van der Waals surface area contributed by atoms with E-state index >= 15 is 0 Å². The number of halogens is 1. The fourth-order valence-electron chi connectivity index (χ4n) is 1.89. The Morgan fingerprint density at radius 1 is 1.00 bits per heavy atom. The Morgan fingerprint density at radius 3 is 2.15 bits per heavy atom. The monoisotopic (exact) mass is 374 g/mol. The summed E-state index contributed by atoms with van der Waals surface area (Å²) in [6.07, 6.45) is 0. The number of hydrogen-bond acceptors (Lipinski definition) is 7. The Labute approximate surface area is 154 Å². The predicted octanol–water partition coefficient (Wildman–Crippen LogP) is 4.10. The first-order valence-electron chi connectivity index (χ1n) is 7.34. The summed E-state index contributed by atoms with van der Waals surface area (Å²) in [7, 11) is 2.58. The molecule has 0 unspecified atom stereocenters. The van der Waals surface area contributed by atoms with Crippen LogP contribution in [-0.2, 0) is 14.3 Å². The number of rotatable bonds is 6. The van der Waals surface area contributed by atoms with Gasteiger partial charge in [0.15, 0.2) is 11.5 Å². The summed E-state index contributed by atoms with van der Waals surface area (Å²) in [4.78, 5) is 23.8. The van der Waals surface area contributed by atoms with Gasteiger partial charge in [-0.05, 0) is 48.5 Å². The van der Waals surface area contributed by atoms with Crippen LogP contribution in [0.1, 0.15) is 5.56 Å². The second kappa shape index (κ2) is 8.77. The van der Waals surface area contributed by atoms with Crippen molar-refractivity contribution in [2.45, 2.75) is 0 Å². The first-order valence-corrected chi connectivity index (χ1v) is 7.71. The molecule has 1 N–H and O–H groups in total. The van der Waals surface area contributed by atoms with Gasteiger partial charge in [-0.15, -0.1) is 5.11 Å². The quantitative estimate of drug-likeness (QED) is 0.270. The summed E-state index contributed by atoms with van der Waals surface area (Å²) < 4.78 is 9.44. The molecule has 0 aliphatic rings. The lowest BCUT2D eigenvalue weighted by Crippen LogP contribution is -2.18. The molecule has 134 valence electrons. The Hall–Kier alpha value is -3.19. The maximum absolute atomic E-state index is 12.2. The van der Waals surface area contributed by atoms with Crippen molar-refractivity contribution < 1.29 is 24.2 Å². The second-order valence-electron chi connectivity index (χ2n) is 4.92. The van der Waals surface area contributed by atoms with Gasteiger partial charge in [0.2, 0.25) is 0 Å². The van der Waals surface area contributed by atoms with Crippen LogP contribution in [0, 0.1) is 0 Å². The molecule has 2 aromatic carbocycles. The van der Waals surface area contributed by atoms with Crippen molar-refractivity contribution in [2.24, 2.45) is 10.2 Å². The molecule has 8 heteroatoms. The highest BCUT2D eigenvalue weighted by Crippen LogP contribution is 2.23. The smallest absolute Gasteiger partial charge is 0.381 e. The second-order valence-corrected chi connectivity index (χ2v) is 5.36. The molecule has 0 saturated carbocycles. The zero-order chi connectivity index (χ0) is 19.1. The fraction of sp³-hybridized carbons (Fsp3) is 0.111. The number of nitrogens with zero attached hydrogens (tertiary/aromatic N) is 2. The molecule has 0 amide bonds. The standard InChI is InChI=1S/C18H15ClN2O5/c1-25-14-9-7-13(8-10-14)20-21-15(17(23)18(24)26-2)16(22)11-3-5-12(19)6-4-11/h3-10,22H,1-2H3. The molecule has 0 aliphatic heterocycles. The van der Waals surface area contributed by atoms with Crippen molar-refractivity contribution in [3.8, 4) is 5.75 Å². The molecule has 0 spiro atoms. The highest BCUT2D eigenvalue weighted by atomic mass is 35.5. The topological polar surface area (TPSA) is 97.6 Å². The van der Waals surface area contributed by atoms with E-state index in [1.807, 2.05) is 0 Å². The van der Waals surface area contributed by atoms with E-state index in [9.17, 15) is 14.7 Å². The number of benzene rings is 2. The van der Waals surface area contributed by atoms with Crippen molar-refractivity contribution in [2.75, 3.05) is 14.2 Å². The van der Waals surface area contributed by atoms with E-state index in [0.717, 1.165) is 7.11 Å².